The van der Waals surface area contributed by atoms with E-state index < -0.39 is 5.60 Å². The van der Waals surface area contributed by atoms with E-state index in [-0.39, 0.29) is 11.6 Å². The highest BCUT2D eigenvalue weighted by atomic mass is 16.6. The lowest BCUT2D eigenvalue weighted by Crippen LogP contribution is -2.54. The summed E-state index contributed by atoms with van der Waals surface area (Å²) in [5, 5.41) is 6.59. The lowest BCUT2D eigenvalue weighted by Gasteiger charge is -2.33. The average Bonchev–Trinajstić information content (AvgIpc) is 3.10. The molecule has 122 valence electrons. The Morgan fingerprint density at radius 2 is 1.95 bits per heavy atom. The zero-order valence-electron chi connectivity index (χ0n) is 13.8. The maximum absolute atomic E-state index is 11.8. The van der Waals surface area contributed by atoms with Gasteiger partial charge in [0.05, 0.1) is 6.61 Å². The highest BCUT2D eigenvalue weighted by molar-refractivity contribution is 5.67. The van der Waals surface area contributed by atoms with Gasteiger partial charge in [0.25, 0.3) is 0 Å². The van der Waals surface area contributed by atoms with E-state index >= 15 is 0 Å². The van der Waals surface area contributed by atoms with Crippen molar-refractivity contribution in [2.24, 2.45) is 11.8 Å². The first-order valence-electron chi connectivity index (χ1n) is 8.08. The number of carbonyl (C=O) groups is 1. The van der Waals surface area contributed by atoms with Crippen molar-refractivity contribution >= 4 is 6.09 Å². The minimum absolute atomic E-state index is 0.0422. The minimum atomic E-state index is -0.450. The largest absolute Gasteiger partial charge is 0.444 e. The summed E-state index contributed by atoms with van der Waals surface area (Å²) in [4.78, 5) is 11.8. The lowest BCUT2D eigenvalue weighted by molar-refractivity contribution is 0.0507. The fourth-order valence-corrected chi connectivity index (χ4v) is 2.76. The fourth-order valence-electron chi connectivity index (χ4n) is 2.76. The number of amides is 1. The third-order valence-corrected chi connectivity index (χ3v) is 4.30. The number of rotatable bonds is 6. The van der Waals surface area contributed by atoms with E-state index in [1.54, 1.807) is 0 Å². The van der Waals surface area contributed by atoms with Crippen LogP contribution in [0, 0.1) is 11.8 Å². The Morgan fingerprint density at radius 3 is 2.48 bits per heavy atom. The van der Waals surface area contributed by atoms with Gasteiger partial charge in [-0.25, -0.2) is 4.79 Å². The lowest BCUT2D eigenvalue weighted by atomic mass is 9.94. The molecule has 0 bridgehead atoms. The SMILES string of the molecule is CC(C)(C)OC(=O)NCC(C)(NCC1CCOC1)C1CC1. The van der Waals surface area contributed by atoms with Crippen LogP contribution >= 0.6 is 0 Å². The van der Waals surface area contributed by atoms with Crippen LogP contribution < -0.4 is 10.6 Å². The molecule has 0 spiro atoms. The number of carbonyl (C=O) groups excluding carboxylic acids is 1. The molecule has 2 fully saturated rings. The van der Waals surface area contributed by atoms with Crippen molar-refractivity contribution in [1.82, 2.24) is 10.6 Å². The Hall–Kier alpha value is -0.810. The highest BCUT2D eigenvalue weighted by Gasteiger charge is 2.42. The van der Waals surface area contributed by atoms with E-state index in [0.29, 0.717) is 18.4 Å². The molecule has 0 radical (unpaired) electrons. The van der Waals surface area contributed by atoms with Crippen molar-refractivity contribution in [2.45, 2.75) is 58.1 Å². The molecule has 2 rings (SSSR count). The van der Waals surface area contributed by atoms with Crippen molar-refractivity contribution in [3.63, 3.8) is 0 Å². The average molecular weight is 298 g/mol. The van der Waals surface area contributed by atoms with Crippen molar-refractivity contribution in [1.29, 1.82) is 0 Å². The molecular weight excluding hydrogens is 268 g/mol. The third kappa shape index (κ3) is 5.47. The van der Waals surface area contributed by atoms with Crippen LogP contribution in [-0.4, -0.2) is 43.5 Å². The molecule has 2 atom stereocenters. The molecule has 5 nitrogen and oxygen atoms in total. The fraction of sp³-hybridized carbons (Fsp3) is 0.938. The molecule has 1 saturated heterocycles. The van der Waals surface area contributed by atoms with Gasteiger partial charge in [-0.15, -0.1) is 0 Å². The van der Waals surface area contributed by atoms with Gasteiger partial charge in [-0.2, -0.15) is 0 Å². The van der Waals surface area contributed by atoms with Crippen LogP contribution in [0.5, 0.6) is 0 Å². The Balaban J connectivity index is 1.78. The maximum Gasteiger partial charge on any atom is 0.407 e. The smallest absolute Gasteiger partial charge is 0.407 e. The zero-order chi connectivity index (χ0) is 15.5. The summed E-state index contributed by atoms with van der Waals surface area (Å²) in [6.07, 6.45) is 3.27. The summed E-state index contributed by atoms with van der Waals surface area (Å²) in [5.74, 6) is 1.25. The quantitative estimate of drug-likeness (QED) is 0.790. The van der Waals surface area contributed by atoms with Gasteiger partial charge in [0.15, 0.2) is 0 Å². The van der Waals surface area contributed by atoms with Crippen LogP contribution in [0.1, 0.15) is 47.0 Å². The van der Waals surface area contributed by atoms with Gasteiger partial charge in [0.2, 0.25) is 0 Å². The molecule has 1 aliphatic carbocycles. The van der Waals surface area contributed by atoms with Gasteiger partial charge in [-0.3, -0.25) is 0 Å². The molecule has 1 amide bonds. The summed E-state index contributed by atoms with van der Waals surface area (Å²) in [5.41, 5.74) is -0.492. The Labute approximate surface area is 128 Å². The molecular formula is C16H30N2O3. The van der Waals surface area contributed by atoms with E-state index in [4.69, 9.17) is 9.47 Å². The van der Waals surface area contributed by atoms with Crippen molar-refractivity contribution in [3.8, 4) is 0 Å². The predicted octanol–water partition coefficient (Wildman–Crippen LogP) is 2.31. The molecule has 2 N–H and O–H groups in total. The first-order valence-corrected chi connectivity index (χ1v) is 8.08. The van der Waals surface area contributed by atoms with E-state index in [2.05, 4.69) is 17.6 Å². The summed E-state index contributed by atoms with van der Waals surface area (Å²) in [7, 11) is 0. The Kier molecular flexibility index (Phi) is 5.15. The molecule has 0 aromatic carbocycles. The number of nitrogens with one attached hydrogen (secondary N) is 2. The van der Waals surface area contributed by atoms with E-state index in [0.717, 1.165) is 26.2 Å². The molecule has 21 heavy (non-hydrogen) atoms. The molecule has 1 saturated carbocycles. The second-order valence-corrected chi connectivity index (χ2v) is 7.66. The van der Waals surface area contributed by atoms with Crippen molar-refractivity contribution in [3.05, 3.63) is 0 Å². The second-order valence-electron chi connectivity index (χ2n) is 7.66. The molecule has 1 heterocycles. The normalized spacial score (nSPS) is 25.4. The number of hydrogen-bond donors (Lipinski definition) is 2. The summed E-state index contributed by atoms with van der Waals surface area (Å²) in [6, 6.07) is 0. The summed E-state index contributed by atoms with van der Waals surface area (Å²) < 4.78 is 10.7. The van der Waals surface area contributed by atoms with Gasteiger partial charge in [0.1, 0.15) is 5.60 Å². The Morgan fingerprint density at radius 1 is 1.24 bits per heavy atom. The predicted molar refractivity (Wildman–Crippen MR) is 82.3 cm³/mol. The van der Waals surface area contributed by atoms with Gasteiger partial charge >= 0.3 is 6.09 Å². The van der Waals surface area contributed by atoms with Crippen LogP contribution in [0.15, 0.2) is 0 Å². The molecule has 0 aromatic rings. The zero-order valence-corrected chi connectivity index (χ0v) is 13.8. The summed E-state index contributed by atoms with van der Waals surface area (Å²) in [6.45, 7) is 11.2. The molecule has 1 aliphatic heterocycles. The number of ether oxygens (including phenoxy) is 2. The van der Waals surface area contributed by atoms with Crippen LogP contribution in [0.2, 0.25) is 0 Å². The standard InChI is InChI=1S/C16H30N2O3/c1-15(2,3)21-14(19)17-11-16(4,13-5-6-13)18-9-12-7-8-20-10-12/h12-13,18H,5-11H2,1-4H3,(H,17,19). The van der Waals surface area contributed by atoms with Crippen LogP contribution in [0.25, 0.3) is 0 Å². The molecule has 2 unspecified atom stereocenters. The third-order valence-electron chi connectivity index (χ3n) is 4.30. The van der Waals surface area contributed by atoms with E-state index in [1.165, 1.54) is 12.8 Å². The van der Waals surface area contributed by atoms with Gasteiger partial charge in [-0.1, -0.05) is 0 Å². The number of alkyl carbamates (subject to hydrolysis) is 1. The van der Waals surface area contributed by atoms with Crippen LogP contribution in [0.3, 0.4) is 0 Å². The van der Waals surface area contributed by atoms with Gasteiger partial charge in [-0.05, 0) is 58.8 Å². The molecule has 5 heteroatoms. The van der Waals surface area contributed by atoms with Gasteiger partial charge < -0.3 is 20.1 Å². The van der Waals surface area contributed by atoms with E-state index in [1.807, 2.05) is 20.8 Å². The summed E-state index contributed by atoms with van der Waals surface area (Å²) >= 11 is 0. The minimum Gasteiger partial charge on any atom is -0.444 e. The first-order chi connectivity index (χ1) is 9.78. The monoisotopic (exact) mass is 298 g/mol. The van der Waals surface area contributed by atoms with Crippen molar-refractivity contribution in [2.75, 3.05) is 26.3 Å². The number of hydrogen-bond acceptors (Lipinski definition) is 4. The molecule has 0 aromatic heterocycles. The maximum atomic E-state index is 11.8. The Bertz CT molecular complexity index is 357. The van der Waals surface area contributed by atoms with Crippen molar-refractivity contribution < 1.29 is 14.3 Å². The second kappa shape index (κ2) is 6.53. The van der Waals surface area contributed by atoms with E-state index in [9.17, 15) is 4.79 Å². The topological polar surface area (TPSA) is 59.6 Å². The highest BCUT2D eigenvalue weighted by Crippen LogP contribution is 2.39. The van der Waals surface area contributed by atoms with Crippen LogP contribution in [0.4, 0.5) is 4.79 Å². The molecule has 2 aliphatic rings. The van der Waals surface area contributed by atoms with Crippen LogP contribution in [-0.2, 0) is 9.47 Å². The first kappa shape index (κ1) is 16.6. The van der Waals surface area contributed by atoms with Gasteiger partial charge in [0, 0.05) is 25.2 Å².